The average molecular weight is 257 g/mol. The predicted octanol–water partition coefficient (Wildman–Crippen LogP) is 3.13. The van der Waals surface area contributed by atoms with Crippen molar-refractivity contribution in [3.8, 4) is 11.3 Å². The maximum Gasteiger partial charge on any atom is 0.316 e. The molecule has 1 aliphatic heterocycles. The first-order valence-corrected chi connectivity index (χ1v) is 7.05. The summed E-state index contributed by atoms with van der Waals surface area (Å²) in [7, 11) is 0. The average Bonchev–Trinajstić information content (AvgIpc) is 2.98. The molecule has 18 heavy (non-hydrogen) atoms. The number of hydrogen-bond acceptors (Lipinski definition) is 2. The standard InChI is InChI=1S/C14H12N2OS/c1-9-13(10-4-2-3-5-12(10)17-9)11-8-16-6-7-18-14(16)15-11/h2-5,8H,6-7H2,1H3/p+1. The number of benzene rings is 1. The SMILES string of the molecule is Cc1oc2ccccc2c1-c1c[n+]2c([nH]1)SCC2. The van der Waals surface area contributed by atoms with Crippen LogP contribution in [0.3, 0.4) is 0 Å². The van der Waals surface area contributed by atoms with E-state index < -0.39 is 0 Å². The molecule has 4 heteroatoms. The number of fused-ring (bicyclic) bond motifs is 2. The third-order valence-electron chi connectivity index (χ3n) is 3.40. The molecule has 0 fully saturated rings. The van der Waals surface area contributed by atoms with Crippen molar-refractivity contribution < 1.29 is 8.98 Å². The summed E-state index contributed by atoms with van der Waals surface area (Å²) in [4.78, 5) is 3.49. The van der Waals surface area contributed by atoms with Gasteiger partial charge >= 0.3 is 5.16 Å². The normalized spacial score (nSPS) is 14.3. The van der Waals surface area contributed by atoms with Crippen molar-refractivity contribution >= 4 is 22.7 Å². The Hall–Kier alpha value is -1.68. The fourth-order valence-electron chi connectivity index (χ4n) is 2.59. The highest BCUT2D eigenvalue weighted by Gasteiger charge is 2.25. The number of furan rings is 1. The van der Waals surface area contributed by atoms with Gasteiger partial charge in [-0.25, -0.2) is 9.55 Å². The highest BCUT2D eigenvalue weighted by Crippen LogP contribution is 2.34. The van der Waals surface area contributed by atoms with Crippen LogP contribution >= 0.6 is 11.8 Å². The summed E-state index contributed by atoms with van der Waals surface area (Å²) in [5.41, 5.74) is 3.30. The number of H-pyrrole nitrogens is 1. The van der Waals surface area contributed by atoms with Gasteiger partial charge in [0.25, 0.3) is 0 Å². The van der Waals surface area contributed by atoms with Crippen molar-refractivity contribution in [3.63, 3.8) is 0 Å². The Morgan fingerprint density at radius 2 is 2.22 bits per heavy atom. The van der Waals surface area contributed by atoms with E-state index in [2.05, 4.69) is 27.9 Å². The van der Waals surface area contributed by atoms with Gasteiger partial charge in [-0.15, -0.1) is 0 Å². The van der Waals surface area contributed by atoms with Crippen molar-refractivity contribution in [2.75, 3.05) is 5.75 Å². The van der Waals surface area contributed by atoms with Gasteiger partial charge in [-0.1, -0.05) is 18.2 Å². The first-order chi connectivity index (χ1) is 8.83. The number of para-hydroxylation sites is 1. The minimum absolute atomic E-state index is 0.956. The number of imidazole rings is 1. The van der Waals surface area contributed by atoms with E-state index in [1.54, 1.807) is 0 Å². The highest BCUT2D eigenvalue weighted by atomic mass is 32.2. The van der Waals surface area contributed by atoms with E-state index >= 15 is 0 Å². The van der Waals surface area contributed by atoms with Gasteiger partial charge in [0.05, 0.1) is 5.56 Å². The van der Waals surface area contributed by atoms with Crippen LogP contribution in [0.25, 0.3) is 22.2 Å². The molecule has 1 aliphatic rings. The van der Waals surface area contributed by atoms with Crippen LogP contribution in [0.5, 0.6) is 0 Å². The van der Waals surface area contributed by atoms with E-state index in [1.807, 2.05) is 30.8 Å². The molecule has 4 rings (SSSR count). The first kappa shape index (κ1) is 10.3. The topological polar surface area (TPSA) is 32.8 Å². The summed E-state index contributed by atoms with van der Waals surface area (Å²) in [6, 6.07) is 8.20. The highest BCUT2D eigenvalue weighted by molar-refractivity contribution is 7.99. The van der Waals surface area contributed by atoms with E-state index in [0.29, 0.717) is 0 Å². The third kappa shape index (κ3) is 1.35. The zero-order valence-electron chi connectivity index (χ0n) is 10.1. The molecule has 0 saturated carbocycles. The Balaban J connectivity index is 1.98. The number of aromatic nitrogens is 2. The van der Waals surface area contributed by atoms with Crippen LogP contribution in [0.4, 0.5) is 0 Å². The first-order valence-electron chi connectivity index (χ1n) is 6.07. The summed E-state index contributed by atoms with van der Waals surface area (Å²) in [5.74, 6) is 2.14. The van der Waals surface area contributed by atoms with Gasteiger partial charge < -0.3 is 4.42 Å². The molecular formula is C14H13N2OS+. The van der Waals surface area contributed by atoms with Crippen molar-refractivity contribution in [2.24, 2.45) is 0 Å². The van der Waals surface area contributed by atoms with Gasteiger partial charge in [0.2, 0.25) is 0 Å². The lowest BCUT2D eigenvalue weighted by Gasteiger charge is -1.91. The second-order valence-electron chi connectivity index (χ2n) is 4.54. The zero-order chi connectivity index (χ0) is 12.1. The van der Waals surface area contributed by atoms with Crippen LogP contribution in [0.1, 0.15) is 5.76 Å². The Morgan fingerprint density at radius 3 is 3.11 bits per heavy atom. The Labute approximate surface area is 109 Å². The molecule has 0 saturated heterocycles. The summed E-state index contributed by atoms with van der Waals surface area (Å²) in [6.07, 6.45) is 2.19. The van der Waals surface area contributed by atoms with Gasteiger partial charge in [0, 0.05) is 11.1 Å². The molecule has 0 unspecified atom stereocenters. The second kappa shape index (κ2) is 3.65. The van der Waals surface area contributed by atoms with Crippen molar-refractivity contribution in [1.82, 2.24) is 4.98 Å². The van der Waals surface area contributed by atoms with E-state index in [4.69, 9.17) is 4.42 Å². The molecule has 1 aromatic carbocycles. The fraction of sp³-hybridized carbons (Fsp3) is 0.214. The number of nitrogens with one attached hydrogen (secondary N) is 1. The van der Waals surface area contributed by atoms with E-state index in [0.717, 1.165) is 29.3 Å². The number of thioether (sulfide) groups is 1. The molecule has 0 spiro atoms. The fourth-order valence-corrected chi connectivity index (χ4v) is 3.56. The van der Waals surface area contributed by atoms with E-state index in [-0.39, 0.29) is 0 Å². The Bertz CT molecular complexity index is 720. The predicted molar refractivity (Wildman–Crippen MR) is 71.7 cm³/mol. The van der Waals surface area contributed by atoms with Gasteiger partial charge in [-0.3, -0.25) is 0 Å². The largest absolute Gasteiger partial charge is 0.461 e. The van der Waals surface area contributed by atoms with Gasteiger partial charge in [0.1, 0.15) is 24.1 Å². The monoisotopic (exact) mass is 257 g/mol. The Kier molecular flexibility index (Phi) is 2.08. The van der Waals surface area contributed by atoms with Gasteiger partial charge in [0.15, 0.2) is 5.69 Å². The van der Waals surface area contributed by atoms with Crippen LogP contribution in [-0.2, 0) is 6.54 Å². The summed E-state index contributed by atoms with van der Waals surface area (Å²) in [6.45, 7) is 3.12. The van der Waals surface area contributed by atoms with Crippen LogP contribution in [0.15, 0.2) is 40.0 Å². The maximum absolute atomic E-state index is 5.82. The molecule has 0 atom stereocenters. The molecule has 0 amide bonds. The summed E-state index contributed by atoms with van der Waals surface area (Å²) < 4.78 is 8.10. The quantitative estimate of drug-likeness (QED) is 0.679. The Morgan fingerprint density at radius 1 is 1.33 bits per heavy atom. The smallest absolute Gasteiger partial charge is 0.316 e. The molecule has 2 aromatic heterocycles. The van der Waals surface area contributed by atoms with E-state index in [9.17, 15) is 0 Å². The molecule has 0 aliphatic carbocycles. The number of nitrogens with zero attached hydrogens (tertiary/aromatic N) is 1. The van der Waals surface area contributed by atoms with Gasteiger partial charge in [-0.05, 0) is 24.8 Å². The van der Waals surface area contributed by atoms with Crippen LogP contribution in [0, 0.1) is 6.92 Å². The lowest BCUT2D eigenvalue weighted by atomic mass is 10.1. The van der Waals surface area contributed by atoms with Crippen LogP contribution < -0.4 is 4.57 Å². The molecule has 3 nitrogen and oxygen atoms in total. The maximum atomic E-state index is 5.82. The molecule has 3 heterocycles. The minimum Gasteiger partial charge on any atom is -0.461 e. The number of aromatic amines is 1. The molecular weight excluding hydrogens is 244 g/mol. The number of aryl methyl sites for hydroxylation is 2. The second-order valence-corrected chi connectivity index (χ2v) is 5.63. The molecule has 90 valence electrons. The third-order valence-corrected chi connectivity index (χ3v) is 4.40. The van der Waals surface area contributed by atoms with Crippen molar-refractivity contribution in [3.05, 3.63) is 36.2 Å². The van der Waals surface area contributed by atoms with Crippen LogP contribution in [0.2, 0.25) is 0 Å². The molecule has 0 radical (unpaired) electrons. The summed E-state index contributed by atoms with van der Waals surface area (Å²) >= 11 is 1.87. The lowest BCUT2D eigenvalue weighted by molar-refractivity contribution is -0.722. The van der Waals surface area contributed by atoms with Crippen molar-refractivity contribution in [1.29, 1.82) is 0 Å². The van der Waals surface area contributed by atoms with Gasteiger partial charge in [-0.2, -0.15) is 0 Å². The number of rotatable bonds is 1. The van der Waals surface area contributed by atoms with E-state index in [1.165, 1.54) is 16.1 Å². The molecule has 1 N–H and O–H groups in total. The summed E-state index contributed by atoms with van der Waals surface area (Å²) in [5, 5.41) is 2.43. The number of hydrogen-bond donors (Lipinski definition) is 1. The molecule has 0 bridgehead atoms. The van der Waals surface area contributed by atoms with Crippen LogP contribution in [-0.4, -0.2) is 10.7 Å². The zero-order valence-corrected chi connectivity index (χ0v) is 10.9. The minimum atomic E-state index is 0.956. The van der Waals surface area contributed by atoms with Crippen molar-refractivity contribution in [2.45, 2.75) is 18.6 Å². The molecule has 3 aromatic rings. The lowest BCUT2D eigenvalue weighted by Crippen LogP contribution is -2.29.